The van der Waals surface area contributed by atoms with E-state index in [4.69, 9.17) is 4.74 Å². The fraction of sp³-hybridized carbons (Fsp3) is 0.269. The van der Waals surface area contributed by atoms with Gasteiger partial charge in [-0.1, -0.05) is 79.7 Å². The lowest BCUT2D eigenvalue weighted by Gasteiger charge is -2.27. The standard InChI is InChI=1S/C26H29NO2/c1-3-23(18-26(28)29-2)24-15-10-16-25(17-24)27(19-21-11-6-4-7-12-21)20-22-13-8-5-9-14-22/h4-17,23H,3,18-20H2,1-2H3/t23-/m1/s1. The van der Waals surface area contributed by atoms with Crippen LogP contribution >= 0.6 is 0 Å². The van der Waals surface area contributed by atoms with E-state index < -0.39 is 0 Å². The fourth-order valence-corrected chi connectivity index (χ4v) is 3.60. The summed E-state index contributed by atoms with van der Waals surface area (Å²) in [7, 11) is 1.45. The molecule has 0 saturated carbocycles. The van der Waals surface area contributed by atoms with Crippen molar-refractivity contribution < 1.29 is 9.53 Å². The van der Waals surface area contributed by atoms with E-state index in [1.54, 1.807) is 0 Å². The first-order valence-corrected chi connectivity index (χ1v) is 10.2. The van der Waals surface area contributed by atoms with Crippen LogP contribution in [0.1, 0.15) is 42.4 Å². The van der Waals surface area contributed by atoms with Crippen LogP contribution in [0.3, 0.4) is 0 Å². The SMILES string of the molecule is CC[C@H](CC(=O)OC)c1cccc(N(Cc2ccccc2)Cc2ccccc2)c1. The van der Waals surface area contributed by atoms with Crippen LogP contribution in [0.25, 0.3) is 0 Å². The highest BCUT2D eigenvalue weighted by Gasteiger charge is 2.17. The molecule has 1 atom stereocenters. The number of ether oxygens (including phenoxy) is 1. The van der Waals surface area contributed by atoms with Gasteiger partial charge in [0.15, 0.2) is 0 Å². The van der Waals surface area contributed by atoms with Crippen molar-refractivity contribution in [2.45, 2.75) is 38.8 Å². The molecule has 0 aromatic heterocycles. The Morgan fingerprint density at radius 1 is 0.862 bits per heavy atom. The first-order chi connectivity index (χ1) is 14.2. The van der Waals surface area contributed by atoms with Gasteiger partial charge < -0.3 is 9.64 Å². The molecule has 0 N–H and O–H groups in total. The summed E-state index contributed by atoms with van der Waals surface area (Å²) in [6.45, 7) is 3.77. The molecule has 0 aliphatic heterocycles. The van der Waals surface area contributed by atoms with E-state index in [1.165, 1.54) is 29.5 Å². The summed E-state index contributed by atoms with van der Waals surface area (Å²) < 4.78 is 4.89. The molecule has 3 nitrogen and oxygen atoms in total. The van der Waals surface area contributed by atoms with Gasteiger partial charge in [0.25, 0.3) is 0 Å². The maximum absolute atomic E-state index is 11.8. The third kappa shape index (κ3) is 5.95. The Kier molecular flexibility index (Phi) is 7.46. The molecule has 0 radical (unpaired) electrons. The average molecular weight is 388 g/mol. The van der Waals surface area contributed by atoms with E-state index in [0.717, 1.165) is 19.5 Å². The molecular weight excluding hydrogens is 358 g/mol. The van der Waals surface area contributed by atoms with Gasteiger partial charge in [0, 0.05) is 18.8 Å². The quantitative estimate of drug-likeness (QED) is 0.425. The number of benzene rings is 3. The topological polar surface area (TPSA) is 29.5 Å². The molecule has 0 bridgehead atoms. The van der Waals surface area contributed by atoms with Crippen molar-refractivity contribution >= 4 is 11.7 Å². The van der Waals surface area contributed by atoms with E-state index in [9.17, 15) is 4.79 Å². The fourth-order valence-electron chi connectivity index (χ4n) is 3.60. The van der Waals surface area contributed by atoms with Gasteiger partial charge in [0.1, 0.15) is 0 Å². The molecule has 0 aliphatic rings. The van der Waals surface area contributed by atoms with Crippen LogP contribution in [0.2, 0.25) is 0 Å². The molecule has 3 aromatic rings. The lowest BCUT2D eigenvalue weighted by atomic mass is 9.92. The minimum atomic E-state index is -0.160. The van der Waals surface area contributed by atoms with Crippen LogP contribution in [-0.2, 0) is 22.6 Å². The molecule has 0 aliphatic carbocycles. The van der Waals surface area contributed by atoms with Gasteiger partial charge in [-0.2, -0.15) is 0 Å². The second-order valence-corrected chi connectivity index (χ2v) is 7.31. The van der Waals surface area contributed by atoms with Crippen molar-refractivity contribution in [1.82, 2.24) is 0 Å². The summed E-state index contributed by atoms with van der Waals surface area (Å²) in [4.78, 5) is 14.2. The van der Waals surface area contributed by atoms with E-state index >= 15 is 0 Å². The van der Waals surface area contributed by atoms with Gasteiger partial charge in [-0.3, -0.25) is 4.79 Å². The summed E-state index contributed by atoms with van der Waals surface area (Å²) in [6, 6.07) is 29.6. The molecule has 150 valence electrons. The van der Waals surface area contributed by atoms with Gasteiger partial charge in [-0.15, -0.1) is 0 Å². The maximum Gasteiger partial charge on any atom is 0.306 e. The van der Waals surface area contributed by atoms with Crippen LogP contribution in [0.5, 0.6) is 0 Å². The highest BCUT2D eigenvalue weighted by atomic mass is 16.5. The van der Waals surface area contributed by atoms with Crippen molar-refractivity contribution in [2.75, 3.05) is 12.0 Å². The predicted octanol–water partition coefficient (Wildman–Crippen LogP) is 5.95. The van der Waals surface area contributed by atoms with Crippen molar-refractivity contribution in [3.05, 3.63) is 102 Å². The number of methoxy groups -OCH3 is 1. The Balaban J connectivity index is 1.89. The predicted molar refractivity (Wildman–Crippen MR) is 119 cm³/mol. The van der Waals surface area contributed by atoms with Gasteiger partial charge in [-0.05, 0) is 41.2 Å². The minimum Gasteiger partial charge on any atom is -0.469 e. The second-order valence-electron chi connectivity index (χ2n) is 7.31. The summed E-state index contributed by atoms with van der Waals surface area (Å²) in [5.74, 6) is 0.00498. The van der Waals surface area contributed by atoms with Gasteiger partial charge in [-0.25, -0.2) is 0 Å². The second kappa shape index (κ2) is 10.5. The Labute approximate surface area is 174 Å². The molecule has 29 heavy (non-hydrogen) atoms. The first-order valence-electron chi connectivity index (χ1n) is 10.2. The molecule has 0 amide bonds. The summed E-state index contributed by atoms with van der Waals surface area (Å²) >= 11 is 0. The van der Waals surface area contributed by atoms with Crippen LogP contribution < -0.4 is 4.90 Å². The average Bonchev–Trinajstić information content (AvgIpc) is 2.78. The van der Waals surface area contributed by atoms with E-state index in [-0.39, 0.29) is 11.9 Å². The number of anilines is 1. The van der Waals surface area contributed by atoms with Gasteiger partial charge in [0.2, 0.25) is 0 Å². The van der Waals surface area contributed by atoms with Gasteiger partial charge in [0.05, 0.1) is 13.5 Å². The van der Waals surface area contributed by atoms with Crippen LogP contribution in [0.15, 0.2) is 84.9 Å². The number of carbonyl (C=O) groups is 1. The van der Waals surface area contributed by atoms with Crippen molar-refractivity contribution in [2.24, 2.45) is 0 Å². The van der Waals surface area contributed by atoms with Crippen LogP contribution in [0.4, 0.5) is 5.69 Å². The summed E-state index contributed by atoms with van der Waals surface area (Å²) in [5, 5.41) is 0. The largest absolute Gasteiger partial charge is 0.469 e. The lowest BCUT2D eigenvalue weighted by Crippen LogP contribution is -2.22. The Morgan fingerprint density at radius 2 is 1.45 bits per heavy atom. The number of hydrogen-bond donors (Lipinski definition) is 0. The summed E-state index contributed by atoms with van der Waals surface area (Å²) in [5.41, 5.74) is 4.89. The van der Waals surface area contributed by atoms with Crippen molar-refractivity contribution in [3.8, 4) is 0 Å². The van der Waals surface area contributed by atoms with Crippen molar-refractivity contribution in [3.63, 3.8) is 0 Å². The number of hydrogen-bond acceptors (Lipinski definition) is 3. The molecule has 0 fully saturated rings. The number of esters is 1. The molecule has 0 saturated heterocycles. The zero-order valence-electron chi connectivity index (χ0n) is 17.3. The Bertz CT molecular complexity index is 851. The molecular formula is C26H29NO2. The molecule has 3 rings (SSSR count). The minimum absolute atomic E-state index is 0.160. The third-order valence-corrected chi connectivity index (χ3v) is 5.27. The zero-order valence-corrected chi connectivity index (χ0v) is 17.3. The molecule has 0 spiro atoms. The molecule has 3 aromatic carbocycles. The number of nitrogens with zero attached hydrogens (tertiary/aromatic N) is 1. The lowest BCUT2D eigenvalue weighted by molar-refractivity contribution is -0.141. The normalized spacial score (nSPS) is 11.7. The smallest absolute Gasteiger partial charge is 0.306 e. The van der Waals surface area contributed by atoms with Crippen LogP contribution in [0, 0.1) is 0 Å². The number of carbonyl (C=O) groups excluding carboxylic acids is 1. The monoisotopic (exact) mass is 387 g/mol. The summed E-state index contributed by atoms with van der Waals surface area (Å²) in [6.07, 6.45) is 1.31. The van der Waals surface area contributed by atoms with Crippen LogP contribution in [-0.4, -0.2) is 13.1 Å². The third-order valence-electron chi connectivity index (χ3n) is 5.27. The molecule has 0 heterocycles. The van der Waals surface area contributed by atoms with Gasteiger partial charge >= 0.3 is 5.97 Å². The molecule has 0 unspecified atom stereocenters. The Morgan fingerprint density at radius 3 is 1.97 bits per heavy atom. The highest BCUT2D eigenvalue weighted by Crippen LogP contribution is 2.29. The Hall–Kier alpha value is -3.07. The van der Waals surface area contributed by atoms with E-state index in [2.05, 4.69) is 84.6 Å². The van der Waals surface area contributed by atoms with E-state index in [0.29, 0.717) is 6.42 Å². The maximum atomic E-state index is 11.8. The zero-order chi connectivity index (χ0) is 20.5. The number of rotatable bonds is 9. The molecule has 3 heteroatoms. The first kappa shape index (κ1) is 20.7. The highest BCUT2D eigenvalue weighted by molar-refractivity contribution is 5.70. The van der Waals surface area contributed by atoms with E-state index in [1.807, 2.05) is 12.1 Å². The van der Waals surface area contributed by atoms with Crippen molar-refractivity contribution in [1.29, 1.82) is 0 Å².